The Balaban J connectivity index is 3.14. The molecule has 0 spiro atoms. The largest absolute Gasteiger partial charge is 0.205 e. The third-order valence-electron chi connectivity index (χ3n) is 1.79. The van der Waals surface area contributed by atoms with E-state index in [4.69, 9.17) is 11.6 Å². The predicted molar refractivity (Wildman–Crippen MR) is 50.1 cm³/mol. The van der Waals surface area contributed by atoms with E-state index in [1.165, 1.54) is 6.07 Å². The number of hydrogen-bond donors (Lipinski definition) is 0. The van der Waals surface area contributed by atoms with Gasteiger partial charge in [-0.05, 0) is 23.1 Å². The van der Waals surface area contributed by atoms with Crippen molar-refractivity contribution < 1.29 is 4.39 Å². The number of benzene rings is 1. The summed E-state index contributed by atoms with van der Waals surface area (Å²) in [6.07, 6.45) is 0. The fraction of sp³-hybridized carbons (Fsp3) is 0.400. The average Bonchev–Trinajstić information content (AvgIpc) is 1.92. The normalized spacial score (nSPS) is 11.8. The summed E-state index contributed by atoms with van der Waals surface area (Å²) in [7, 11) is 0. The Morgan fingerprint density at radius 1 is 1.25 bits per heavy atom. The van der Waals surface area contributed by atoms with Crippen molar-refractivity contribution in [2.45, 2.75) is 26.2 Å². The summed E-state index contributed by atoms with van der Waals surface area (Å²) in [5, 5.41) is 0.197. The molecule has 0 radical (unpaired) electrons. The highest BCUT2D eigenvalue weighted by Crippen LogP contribution is 2.26. The van der Waals surface area contributed by atoms with Crippen molar-refractivity contribution in [3.63, 3.8) is 0 Å². The molecule has 0 N–H and O–H groups in total. The minimum atomic E-state index is -0.357. The summed E-state index contributed by atoms with van der Waals surface area (Å²) in [4.78, 5) is 0. The van der Waals surface area contributed by atoms with Crippen LogP contribution >= 0.6 is 11.6 Å². The van der Waals surface area contributed by atoms with E-state index in [-0.39, 0.29) is 16.3 Å². The first-order chi connectivity index (χ1) is 5.41. The highest BCUT2D eigenvalue weighted by atomic mass is 35.5. The smallest absolute Gasteiger partial charge is 0.141 e. The van der Waals surface area contributed by atoms with Crippen molar-refractivity contribution in [1.29, 1.82) is 0 Å². The SMILES string of the molecule is CC(C)(C)c1ccc(F)c(Cl)c1. The van der Waals surface area contributed by atoms with Gasteiger partial charge in [-0.25, -0.2) is 4.39 Å². The van der Waals surface area contributed by atoms with Crippen molar-refractivity contribution in [2.24, 2.45) is 0 Å². The Morgan fingerprint density at radius 2 is 1.83 bits per heavy atom. The minimum Gasteiger partial charge on any atom is -0.205 e. The van der Waals surface area contributed by atoms with Crippen molar-refractivity contribution in [1.82, 2.24) is 0 Å². The number of hydrogen-bond acceptors (Lipinski definition) is 0. The van der Waals surface area contributed by atoms with Crippen LogP contribution in [0.25, 0.3) is 0 Å². The van der Waals surface area contributed by atoms with Crippen LogP contribution in [0.1, 0.15) is 26.3 Å². The molecule has 1 aromatic rings. The van der Waals surface area contributed by atoms with E-state index in [1.807, 2.05) is 0 Å². The van der Waals surface area contributed by atoms with Gasteiger partial charge >= 0.3 is 0 Å². The van der Waals surface area contributed by atoms with Crippen molar-refractivity contribution in [3.05, 3.63) is 34.6 Å². The van der Waals surface area contributed by atoms with Gasteiger partial charge in [0.2, 0.25) is 0 Å². The third kappa shape index (κ3) is 1.98. The van der Waals surface area contributed by atoms with E-state index in [9.17, 15) is 4.39 Å². The summed E-state index contributed by atoms with van der Waals surface area (Å²) >= 11 is 5.64. The van der Waals surface area contributed by atoms with Gasteiger partial charge in [0.15, 0.2) is 0 Å². The summed E-state index contributed by atoms with van der Waals surface area (Å²) in [5.41, 5.74) is 1.08. The van der Waals surface area contributed by atoms with Crippen molar-refractivity contribution >= 4 is 11.6 Å². The first kappa shape index (κ1) is 9.53. The topological polar surface area (TPSA) is 0 Å². The van der Waals surface area contributed by atoms with E-state index in [2.05, 4.69) is 20.8 Å². The maximum atomic E-state index is 12.8. The Bertz CT molecular complexity index is 286. The lowest BCUT2D eigenvalue weighted by atomic mass is 9.87. The van der Waals surface area contributed by atoms with Gasteiger partial charge in [-0.1, -0.05) is 38.4 Å². The Labute approximate surface area is 77.4 Å². The van der Waals surface area contributed by atoms with Crippen molar-refractivity contribution in [2.75, 3.05) is 0 Å². The maximum absolute atomic E-state index is 12.8. The zero-order valence-electron chi connectivity index (χ0n) is 7.49. The molecule has 1 rings (SSSR count). The van der Waals surface area contributed by atoms with Crippen LogP contribution in [0.5, 0.6) is 0 Å². The molecule has 1 aromatic carbocycles. The molecule has 0 nitrogen and oxygen atoms in total. The van der Waals surface area contributed by atoms with E-state index in [0.717, 1.165) is 5.56 Å². The van der Waals surface area contributed by atoms with E-state index in [0.29, 0.717) is 0 Å². The van der Waals surface area contributed by atoms with Crippen LogP contribution in [-0.4, -0.2) is 0 Å². The Morgan fingerprint density at radius 3 is 2.25 bits per heavy atom. The second-order valence-electron chi connectivity index (χ2n) is 3.88. The molecular formula is C10H12ClF. The molecule has 0 atom stereocenters. The average molecular weight is 187 g/mol. The molecule has 0 unspecified atom stereocenters. The molecule has 2 heteroatoms. The predicted octanol–water partition coefficient (Wildman–Crippen LogP) is 3.78. The highest BCUT2D eigenvalue weighted by Gasteiger charge is 2.14. The molecule has 12 heavy (non-hydrogen) atoms. The molecule has 0 saturated carbocycles. The quantitative estimate of drug-likeness (QED) is 0.579. The van der Waals surface area contributed by atoms with Gasteiger partial charge < -0.3 is 0 Å². The van der Waals surface area contributed by atoms with Gasteiger partial charge in [-0.2, -0.15) is 0 Å². The van der Waals surface area contributed by atoms with E-state index >= 15 is 0 Å². The fourth-order valence-corrected chi connectivity index (χ4v) is 1.14. The fourth-order valence-electron chi connectivity index (χ4n) is 0.963. The molecule has 66 valence electrons. The molecule has 0 fully saturated rings. The molecule has 0 heterocycles. The maximum Gasteiger partial charge on any atom is 0.141 e. The Hall–Kier alpha value is -0.560. The van der Waals surface area contributed by atoms with Crippen LogP contribution in [0, 0.1) is 5.82 Å². The lowest BCUT2D eigenvalue weighted by Gasteiger charge is -2.18. The summed E-state index contributed by atoms with van der Waals surface area (Å²) in [6.45, 7) is 6.20. The molecule has 0 aromatic heterocycles. The zero-order valence-corrected chi connectivity index (χ0v) is 8.24. The van der Waals surface area contributed by atoms with Crippen LogP contribution in [0.2, 0.25) is 5.02 Å². The van der Waals surface area contributed by atoms with Crippen molar-refractivity contribution in [3.8, 4) is 0 Å². The molecule has 0 aliphatic heterocycles. The number of halogens is 2. The summed E-state index contributed by atoms with van der Waals surface area (Å²) < 4.78 is 12.8. The van der Waals surface area contributed by atoms with Gasteiger partial charge in [-0.3, -0.25) is 0 Å². The number of rotatable bonds is 0. The summed E-state index contributed by atoms with van der Waals surface area (Å²) in [5.74, 6) is -0.357. The van der Waals surface area contributed by atoms with Gasteiger partial charge in [0, 0.05) is 0 Å². The standard InChI is InChI=1S/C10H12ClF/c1-10(2,3)7-4-5-9(12)8(11)6-7/h4-6H,1-3H3. The lowest BCUT2D eigenvalue weighted by molar-refractivity contribution is 0.583. The molecule has 0 aliphatic rings. The molecule has 0 aliphatic carbocycles. The third-order valence-corrected chi connectivity index (χ3v) is 2.08. The minimum absolute atomic E-state index is 0.0251. The van der Waals surface area contributed by atoms with Crippen LogP contribution in [0.15, 0.2) is 18.2 Å². The monoisotopic (exact) mass is 186 g/mol. The van der Waals surface area contributed by atoms with Gasteiger partial charge in [0.1, 0.15) is 5.82 Å². The van der Waals surface area contributed by atoms with Crippen LogP contribution < -0.4 is 0 Å². The van der Waals surface area contributed by atoms with Gasteiger partial charge in [0.25, 0.3) is 0 Å². The first-order valence-electron chi connectivity index (χ1n) is 3.87. The highest BCUT2D eigenvalue weighted by molar-refractivity contribution is 6.30. The molecule has 0 saturated heterocycles. The summed E-state index contributed by atoms with van der Waals surface area (Å²) in [6, 6.07) is 4.85. The van der Waals surface area contributed by atoms with Crippen LogP contribution in [0.4, 0.5) is 4.39 Å². The second kappa shape index (κ2) is 3.06. The molecule has 0 amide bonds. The second-order valence-corrected chi connectivity index (χ2v) is 4.29. The van der Waals surface area contributed by atoms with Crippen LogP contribution in [-0.2, 0) is 5.41 Å². The zero-order chi connectivity index (χ0) is 9.35. The van der Waals surface area contributed by atoms with E-state index in [1.54, 1.807) is 12.1 Å². The molecular weight excluding hydrogens is 175 g/mol. The molecule has 0 bridgehead atoms. The first-order valence-corrected chi connectivity index (χ1v) is 4.24. The van der Waals surface area contributed by atoms with E-state index < -0.39 is 0 Å². The van der Waals surface area contributed by atoms with Gasteiger partial charge in [-0.15, -0.1) is 0 Å². The Kier molecular flexibility index (Phi) is 2.43. The van der Waals surface area contributed by atoms with Crippen LogP contribution in [0.3, 0.4) is 0 Å². The van der Waals surface area contributed by atoms with Gasteiger partial charge in [0.05, 0.1) is 5.02 Å². The lowest BCUT2D eigenvalue weighted by Crippen LogP contribution is -2.10.